The molecule has 0 fully saturated rings. The molecule has 2 aromatic carbocycles. The fraction of sp³-hybridized carbons (Fsp3) is 0.261. The van der Waals surface area contributed by atoms with Crippen LogP contribution in [0.25, 0.3) is 11.5 Å². The average molecular weight is 439 g/mol. The lowest BCUT2D eigenvalue weighted by atomic mass is 10.1. The number of aromatic nitrogens is 1. The lowest BCUT2D eigenvalue weighted by Crippen LogP contribution is -2.26. The van der Waals surface area contributed by atoms with E-state index in [9.17, 15) is 9.59 Å². The molecule has 0 radical (unpaired) electrons. The first-order valence-electron chi connectivity index (χ1n) is 9.88. The van der Waals surface area contributed by atoms with Gasteiger partial charge in [-0.3, -0.25) is 9.59 Å². The SMILES string of the molecule is COc1cc(C(=O)NCCc2coc(-c3ccc(C)cc3)n2)cc(OC)c1OCC(N)=O. The highest BCUT2D eigenvalue weighted by Crippen LogP contribution is 2.38. The van der Waals surface area contributed by atoms with Gasteiger partial charge >= 0.3 is 0 Å². The highest BCUT2D eigenvalue weighted by molar-refractivity contribution is 5.95. The number of oxazole rings is 1. The molecule has 0 spiro atoms. The molecule has 9 heteroatoms. The fourth-order valence-corrected chi connectivity index (χ4v) is 2.95. The number of nitrogens with one attached hydrogen (secondary N) is 1. The summed E-state index contributed by atoms with van der Waals surface area (Å²) in [6, 6.07) is 10.9. The van der Waals surface area contributed by atoms with Gasteiger partial charge in [-0.15, -0.1) is 0 Å². The summed E-state index contributed by atoms with van der Waals surface area (Å²) < 4.78 is 21.5. The minimum Gasteiger partial charge on any atom is -0.493 e. The smallest absolute Gasteiger partial charge is 0.255 e. The summed E-state index contributed by atoms with van der Waals surface area (Å²) in [7, 11) is 2.84. The summed E-state index contributed by atoms with van der Waals surface area (Å²) in [6.07, 6.45) is 2.08. The van der Waals surface area contributed by atoms with Gasteiger partial charge in [0.25, 0.3) is 11.8 Å². The van der Waals surface area contributed by atoms with Crippen molar-refractivity contribution < 1.29 is 28.2 Å². The van der Waals surface area contributed by atoms with Crippen LogP contribution in [0.4, 0.5) is 0 Å². The second-order valence-corrected chi connectivity index (χ2v) is 6.98. The van der Waals surface area contributed by atoms with Crippen LogP contribution < -0.4 is 25.3 Å². The van der Waals surface area contributed by atoms with Crippen LogP contribution in [-0.4, -0.2) is 44.2 Å². The first-order chi connectivity index (χ1) is 15.4. The molecule has 1 aromatic heterocycles. The number of benzene rings is 2. The number of carbonyl (C=O) groups excluding carboxylic acids is 2. The van der Waals surface area contributed by atoms with Crippen LogP contribution in [0, 0.1) is 6.92 Å². The maximum Gasteiger partial charge on any atom is 0.255 e. The molecular formula is C23H25N3O6. The highest BCUT2D eigenvalue weighted by atomic mass is 16.5. The number of nitrogens with zero attached hydrogens (tertiary/aromatic N) is 1. The summed E-state index contributed by atoms with van der Waals surface area (Å²) in [5.41, 5.74) is 8.21. The van der Waals surface area contributed by atoms with E-state index in [4.69, 9.17) is 24.4 Å². The molecule has 0 aliphatic heterocycles. The molecule has 168 valence electrons. The van der Waals surface area contributed by atoms with E-state index in [1.807, 2.05) is 31.2 Å². The molecule has 3 N–H and O–H groups in total. The second kappa shape index (κ2) is 10.3. The van der Waals surface area contributed by atoms with Crippen molar-refractivity contribution in [3.05, 3.63) is 59.5 Å². The van der Waals surface area contributed by atoms with Crippen LogP contribution in [0.15, 0.2) is 47.1 Å². The van der Waals surface area contributed by atoms with E-state index in [1.165, 1.54) is 26.4 Å². The van der Waals surface area contributed by atoms with E-state index in [0.717, 1.165) is 16.8 Å². The van der Waals surface area contributed by atoms with Gasteiger partial charge in [0.2, 0.25) is 11.6 Å². The number of hydrogen-bond acceptors (Lipinski definition) is 7. The summed E-state index contributed by atoms with van der Waals surface area (Å²) in [6.45, 7) is 2.02. The minimum atomic E-state index is -0.644. The van der Waals surface area contributed by atoms with E-state index in [1.54, 1.807) is 6.26 Å². The third kappa shape index (κ3) is 5.57. The van der Waals surface area contributed by atoms with Crippen LogP contribution in [0.1, 0.15) is 21.6 Å². The second-order valence-electron chi connectivity index (χ2n) is 6.98. The monoisotopic (exact) mass is 439 g/mol. The quantitative estimate of drug-likeness (QED) is 0.497. The maximum absolute atomic E-state index is 12.6. The Bertz CT molecular complexity index is 1070. The number of amides is 2. The van der Waals surface area contributed by atoms with Crippen molar-refractivity contribution in [1.82, 2.24) is 10.3 Å². The Balaban J connectivity index is 1.63. The summed E-state index contributed by atoms with van der Waals surface area (Å²) in [4.78, 5) is 28.1. The molecule has 3 rings (SSSR count). The molecule has 32 heavy (non-hydrogen) atoms. The first kappa shape index (κ1) is 22.7. The van der Waals surface area contributed by atoms with E-state index in [2.05, 4.69) is 10.3 Å². The molecule has 0 aliphatic carbocycles. The van der Waals surface area contributed by atoms with E-state index >= 15 is 0 Å². The van der Waals surface area contributed by atoms with Gasteiger partial charge in [0.15, 0.2) is 18.1 Å². The maximum atomic E-state index is 12.6. The molecule has 3 aromatic rings. The van der Waals surface area contributed by atoms with Gasteiger partial charge in [0, 0.05) is 24.1 Å². The van der Waals surface area contributed by atoms with Gasteiger partial charge in [-0.05, 0) is 31.2 Å². The van der Waals surface area contributed by atoms with E-state index in [0.29, 0.717) is 24.4 Å². The molecule has 0 atom stereocenters. The zero-order valence-electron chi connectivity index (χ0n) is 18.1. The zero-order chi connectivity index (χ0) is 23.1. The largest absolute Gasteiger partial charge is 0.493 e. The third-order valence-electron chi connectivity index (χ3n) is 4.60. The van der Waals surface area contributed by atoms with Gasteiger partial charge < -0.3 is 29.7 Å². The summed E-state index contributed by atoms with van der Waals surface area (Å²) >= 11 is 0. The molecule has 2 amide bonds. The van der Waals surface area contributed by atoms with Crippen LogP contribution in [-0.2, 0) is 11.2 Å². The lowest BCUT2D eigenvalue weighted by Gasteiger charge is -2.15. The van der Waals surface area contributed by atoms with Crippen molar-refractivity contribution in [3.63, 3.8) is 0 Å². The van der Waals surface area contributed by atoms with Crippen molar-refractivity contribution in [2.24, 2.45) is 5.73 Å². The Morgan fingerprint density at radius 3 is 2.34 bits per heavy atom. The van der Waals surface area contributed by atoms with Crippen molar-refractivity contribution in [3.8, 4) is 28.7 Å². The Morgan fingerprint density at radius 1 is 1.09 bits per heavy atom. The number of rotatable bonds is 10. The topological polar surface area (TPSA) is 126 Å². The average Bonchev–Trinajstić information content (AvgIpc) is 3.26. The number of methoxy groups -OCH3 is 2. The van der Waals surface area contributed by atoms with Gasteiger partial charge in [-0.2, -0.15) is 0 Å². The Morgan fingerprint density at radius 2 is 1.75 bits per heavy atom. The van der Waals surface area contributed by atoms with Crippen LogP contribution >= 0.6 is 0 Å². The molecular weight excluding hydrogens is 414 g/mol. The number of hydrogen-bond donors (Lipinski definition) is 2. The van der Waals surface area contributed by atoms with Crippen molar-refractivity contribution in [2.75, 3.05) is 27.4 Å². The third-order valence-corrected chi connectivity index (χ3v) is 4.60. The molecule has 0 saturated carbocycles. The van der Waals surface area contributed by atoms with Crippen molar-refractivity contribution in [1.29, 1.82) is 0 Å². The van der Waals surface area contributed by atoms with Crippen LogP contribution in [0.5, 0.6) is 17.2 Å². The normalized spacial score (nSPS) is 10.5. The van der Waals surface area contributed by atoms with E-state index in [-0.39, 0.29) is 29.8 Å². The molecule has 1 heterocycles. The molecule has 0 unspecified atom stereocenters. The van der Waals surface area contributed by atoms with Gasteiger partial charge in [0.05, 0.1) is 19.9 Å². The predicted molar refractivity (Wildman–Crippen MR) is 117 cm³/mol. The van der Waals surface area contributed by atoms with Crippen molar-refractivity contribution >= 4 is 11.8 Å². The highest BCUT2D eigenvalue weighted by Gasteiger charge is 2.18. The fourth-order valence-electron chi connectivity index (χ4n) is 2.95. The lowest BCUT2D eigenvalue weighted by molar-refractivity contribution is -0.120. The predicted octanol–water partition coefficient (Wildman–Crippen LogP) is 2.50. The Kier molecular flexibility index (Phi) is 7.33. The number of carbonyl (C=O) groups is 2. The van der Waals surface area contributed by atoms with Gasteiger partial charge in [-0.25, -0.2) is 4.98 Å². The van der Waals surface area contributed by atoms with Gasteiger partial charge in [-0.1, -0.05) is 17.7 Å². The minimum absolute atomic E-state index is 0.191. The number of nitrogens with two attached hydrogens (primary N) is 1. The van der Waals surface area contributed by atoms with Gasteiger partial charge in [0.1, 0.15) is 6.26 Å². The Hall–Kier alpha value is -4.01. The number of ether oxygens (including phenoxy) is 3. The molecule has 9 nitrogen and oxygen atoms in total. The number of aryl methyl sites for hydroxylation is 1. The summed E-state index contributed by atoms with van der Waals surface area (Å²) in [5, 5.41) is 2.83. The standard InChI is InChI=1S/C23H25N3O6/c1-14-4-6-15(7-5-14)23-26-17(12-32-23)8-9-25-22(28)16-10-18(29-2)21(19(11-16)30-3)31-13-20(24)27/h4-7,10-12H,8-9,13H2,1-3H3,(H2,24,27)(H,25,28). The number of primary amides is 1. The Labute approximate surface area is 185 Å². The molecule has 0 saturated heterocycles. The van der Waals surface area contributed by atoms with Crippen molar-refractivity contribution in [2.45, 2.75) is 13.3 Å². The molecule has 0 aliphatic rings. The van der Waals surface area contributed by atoms with E-state index < -0.39 is 5.91 Å². The summed E-state index contributed by atoms with van der Waals surface area (Å²) in [5.74, 6) is 0.244. The first-order valence-corrected chi connectivity index (χ1v) is 9.88. The zero-order valence-corrected chi connectivity index (χ0v) is 18.1. The van der Waals surface area contributed by atoms with Crippen LogP contribution in [0.3, 0.4) is 0 Å². The van der Waals surface area contributed by atoms with Crippen LogP contribution in [0.2, 0.25) is 0 Å². The molecule has 0 bridgehead atoms.